The van der Waals surface area contributed by atoms with E-state index in [0.29, 0.717) is 17.1 Å². The van der Waals surface area contributed by atoms with E-state index >= 15 is 0 Å². The second-order valence-electron chi connectivity index (χ2n) is 6.08. The van der Waals surface area contributed by atoms with E-state index in [9.17, 15) is 17.6 Å². The summed E-state index contributed by atoms with van der Waals surface area (Å²) < 4.78 is 44.3. The molecular weight excluding hydrogens is 381 g/mol. The third kappa shape index (κ3) is 5.40. The first-order valence-electron chi connectivity index (χ1n) is 8.48. The summed E-state index contributed by atoms with van der Waals surface area (Å²) in [5.41, 5.74) is 0.376. The first-order chi connectivity index (χ1) is 13.4. The highest BCUT2D eigenvalue weighted by molar-refractivity contribution is 7.91. The van der Waals surface area contributed by atoms with Crippen LogP contribution in [0.2, 0.25) is 0 Å². The van der Waals surface area contributed by atoms with Crippen LogP contribution in [0.15, 0.2) is 78.9 Å². The summed E-state index contributed by atoms with van der Waals surface area (Å²) in [6.07, 6.45) is 0. The minimum absolute atomic E-state index is 0.0597. The van der Waals surface area contributed by atoms with Crippen molar-refractivity contribution in [2.45, 2.75) is 5.75 Å². The monoisotopic (exact) mass is 399 g/mol. The molecule has 3 rings (SSSR count). The van der Waals surface area contributed by atoms with Crippen molar-refractivity contribution in [3.05, 3.63) is 90.2 Å². The standard InChI is InChI=1S/C21H18FNO4S/c22-18-11-5-6-12-19(18)23-21(24)15-28(25,26)14-16-8-4-7-13-20(16)27-17-9-2-1-3-10-17/h1-13H,14-15H2,(H,23,24). The Kier molecular flexibility index (Phi) is 6.06. The summed E-state index contributed by atoms with van der Waals surface area (Å²) in [4.78, 5) is 12.1. The van der Waals surface area contributed by atoms with Gasteiger partial charge in [0.1, 0.15) is 23.1 Å². The van der Waals surface area contributed by atoms with Crippen molar-refractivity contribution in [1.29, 1.82) is 0 Å². The Labute approximate surface area is 162 Å². The van der Waals surface area contributed by atoms with Gasteiger partial charge in [0.15, 0.2) is 9.84 Å². The average Bonchev–Trinajstić information content (AvgIpc) is 2.65. The first kappa shape index (κ1) is 19.6. The van der Waals surface area contributed by atoms with Crippen molar-refractivity contribution in [1.82, 2.24) is 0 Å². The highest BCUT2D eigenvalue weighted by Gasteiger charge is 2.20. The Morgan fingerprint density at radius 2 is 1.54 bits per heavy atom. The molecule has 7 heteroatoms. The van der Waals surface area contributed by atoms with Crippen LogP contribution in [0.5, 0.6) is 11.5 Å². The Bertz CT molecular complexity index is 1070. The molecule has 3 aromatic carbocycles. The number of hydrogen-bond acceptors (Lipinski definition) is 4. The largest absolute Gasteiger partial charge is 0.457 e. The van der Waals surface area contributed by atoms with E-state index in [4.69, 9.17) is 4.74 Å². The van der Waals surface area contributed by atoms with E-state index < -0.39 is 27.3 Å². The summed E-state index contributed by atoms with van der Waals surface area (Å²) in [5.74, 6) is -1.60. The molecule has 0 aromatic heterocycles. The van der Waals surface area contributed by atoms with Gasteiger partial charge in [-0.2, -0.15) is 0 Å². The zero-order chi connectivity index (χ0) is 20.0. The molecule has 1 amide bonds. The Morgan fingerprint density at radius 1 is 0.893 bits per heavy atom. The van der Waals surface area contributed by atoms with Crippen LogP contribution in [0.1, 0.15) is 5.56 Å². The Morgan fingerprint density at radius 3 is 2.29 bits per heavy atom. The maximum atomic E-state index is 13.6. The number of hydrogen-bond donors (Lipinski definition) is 1. The van der Waals surface area contributed by atoms with Gasteiger partial charge in [-0.25, -0.2) is 12.8 Å². The van der Waals surface area contributed by atoms with Crippen molar-refractivity contribution in [2.75, 3.05) is 11.1 Å². The second kappa shape index (κ2) is 8.67. The number of carbonyl (C=O) groups excluding carboxylic acids is 1. The summed E-state index contributed by atoms with van der Waals surface area (Å²) in [5, 5.41) is 2.28. The maximum Gasteiger partial charge on any atom is 0.239 e. The van der Waals surface area contributed by atoms with Crippen LogP contribution >= 0.6 is 0 Å². The molecule has 0 aliphatic rings. The number of para-hydroxylation sites is 3. The molecule has 0 saturated carbocycles. The zero-order valence-corrected chi connectivity index (χ0v) is 15.7. The minimum Gasteiger partial charge on any atom is -0.457 e. The number of anilines is 1. The van der Waals surface area contributed by atoms with E-state index in [1.807, 2.05) is 18.2 Å². The fraction of sp³-hybridized carbons (Fsp3) is 0.0952. The van der Waals surface area contributed by atoms with Crippen LogP contribution in [-0.2, 0) is 20.4 Å². The van der Waals surface area contributed by atoms with Gasteiger partial charge >= 0.3 is 0 Å². The third-order valence-corrected chi connectivity index (χ3v) is 5.27. The lowest BCUT2D eigenvalue weighted by Gasteiger charge is -2.12. The molecule has 0 aliphatic heterocycles. The third-order valence-electron chi connectivity index (χ3n) is 3.82. The van der Waals surface area contributed by atoms with E-state index in [0.717, 1.165) is 0 Å². The number of sulfone groups is 1. The maximum absolute atomic E-state index is 13.6. The molecule has 0 heterocycles. The number of ether oxygens (including phenoxy) is 1. The van der Waals surface area contributed by atoms with Crippen LogP contribution in [0.4, 0.5) is 10.1 Å². The topological polar surface area (TPSA) is 72.5 Å². The van der Waals surface area contributed by atoms with Crippen molar-refractivity contribution in [3.8, 4) is 11.5 Å². The molecule has 0 fully saturated rings. The summed E-state index contributed by atoms with van der Waals surface area (Å²) >= 11 is 0. The number of benzene rings is 3. The second-order valence-corrected chi connectivity index (χ2v) is 8.15. The van der Waals surface area contributed by atoms with E-state index in [1.165, 1.54) is 18.2 Å². The van der Waals surface area contributed by atoms with Crippen molar-refractivity contribution >= 4 is 21.4 Å². The van der Waals surface area contributed by atoms with Crippen LogP contribution < -0.4 is 10.1 Å². The lowest BCUT2D eigenvalue weighted by Crippen LogP contribution is -2.24. The number of rotatable bonds is 7. The highest BCUT2D eigenvalue weighted by Crippen LogP contribution is 2.26. The molecule has 5 nitrogen and oxygen atoms in total. The molecule has 1 N–H and O–H groups in total. The normalized spacial score (nSPS) is 11.0. The van der Waals surface area contributed by atoms with E-state index in [-0.39, 0.29) is 11.4 Å². The summed E-state index contributed by atoms with van der Waals surface area (Å²) in [6, 6.07) is 21.3. The molecule has 0 aliphatic carbocycles. The van der Waals surface area contributed by atoms with Crippen LogP contribution in [0.25, 0.3) is 0 Å². The van der Waals surface area contributed by atoms with Gasteiger partial charge < -0.3 is 10.1 Å². The minimum atomic E-state index is -3.80. The molecule has 0 bridgehead atoms. The van der Waals surface area contributed by atoms with Crippen LogP contribution in [0.3, 0.4) is 0 Å². The number of halogens is 1. The Balaban J connectivity index is 1.70. The van der Waals surface area contributed by atoms with E-state index in [2.05, 4.69) is 5.32 Å². The first-order valence-corrected chi connectivity index (χ1v) is 10.3. The van der Waals surface area contributed by atoms with Gasteiger partial charge in [-0.3, -0.25) is 4.79 Å². The average molecular weight is 399 g/mol. The molecule has 28 heavy (non-hydrogen) atoms. The SMILES string of the molecule is O=C(CS(=O)(=O)Cc1ccccc1Oc1ccccc1)Nc1ccccc1F. The van der Waals surface area contributed by atoms with Gasteiger partial charge in [0.25, 0.3) is 0 Å². The lowest BCUT2D eigenvalue weighted by molar-refractivity contribution is -0.113. The van der Waals surface area contributed by atoms with Crippen LogP contribution in [0, 0.1) is 5.82 Å². The molecular formula is C21H18FNO4S. The molecule has 0 unspecified atom stereocenters. The highest BCUT2D eigenvalue weighted by atomic mass is 32.2. The fourth-order valence-corrected chi connectivity index (χ4v) is 3.86. The molecule has 0 saturated heterocycles. The predicted octanol–water partition coefficient (Wildman–Crippen LogP) is 4.17. The zero-order valence-electron chi connectivity index (χ0n) is 14.8. The molecule has 144 valence electrons. The quantitative estimate of drug-likeness (QED) is 0.647. The summed E-state index contributed by atoms with van der Waals surface area (Å²) in [6.45, 7) is 0. The Hall–Kier alpha value is -3.19. The number of carbonyl (C=O) groups is 1. The molecule has 0 radical (unpaired) electrons. The summed E-state index contributed by atoms with van der Waals surface area (Å²) in [7, 11) is -3.80. The molecule has 0 spiro atoms. The number of amides is 1. The lowest BCUT2D eigenvalue weighted by atomic mass is 10.2. The smallest absolute Gasteiger partial charge is 0.239 e. The number of nitrogens with one attached hydrogen (secondary N) is 1. The van der Waals surface area contributed by atoms with Gasteiger partial charge in [-0.15, -0.1) is 0 Å². The molecule has 0 atom stereocenters. The van der Waals surface area contributed by atoms with E-state index in [1.54, 1.807) is 42.5 Å². The van der Waals surface area contributed by atoms with Crippen molar-refractivity contribution < 1.29 is 22.3 Å². The van der Waals surface area contributed by atoms with Gasteiger partial charge in [-0.05, 0) is 30.3 Å². The van der Waals surface area contributed by atoms with Crippen molar-refractivity contribution in [2.24, 2.45) is 0 Å². The molecule has 3 aromatic rings. The van der Waals surface area contributed by atoms with Gasteiger partial charge in [0.2, 0.25) is 5.91 Å². The van der Waals surface area contributed by atoms with Gasteiger partial charge in [0, 0.05) is 5.56 Å². The van der Waals surface area contributed by atoms with Crippen LogP contribution in [-0.4, -0.2) is 20.1 Å². The fourth-order valence-electron chi connectivity index (χ4n) is 2.57. The van der Waals surface area contributed by atoms with Gasteiger partial charge in [0.05, 0.1) is 11.4 Å². The van der Waals surface area contributed by atoms with Crippen molar-refractivity contribution in [3.63, 3.8) is 0 Å². The van der Waals surface area contributed by atoms with Gasteiger partial charge in [-0.1, -0.05) is 48.5 Å². The predicted molar refractivity (Wildman–Crippen MR) is 105 cm³/mol.